The monoisotopic (exact) mass is 547 g/mol. The largest absolute Gasteiger partial charge is 1.00 e. The minimum absolute atomic E-state index is 0. The van der Waals surface area contributed by atoms with Crippen LogP contribution in [0, 0.1) is 0 Å². The quantitative estimate of drug-likeness (QED) is 0.133. The maximum atomic E-state index is 7.08. The molecule has 0 rings (SSSR count). The lowest BCUT2D eigenvalue weighted by Gasteiger charge is -2.04. The van der Waals surface area contributed by atoms with Crippen molar-refractivity contribution >= 4 is 0 Å². The fraction of sp³-hybridized carbons (Fsp3) is 0.867. The average molecular weight is 549 g/mol. The van der Waals surface area contributed by atoms with E-state index in [-0.39, 0.29) is 17.0 Å². The summed E-state index contributed by atoms with van der Waals surface area (Å²) < 4.78 is 0. The molecule has 34 heavy (non-hydrogen) atoms. The van der Waals surface area contributed by atoms with Crippen molar-refractivity contribution in [3.8, 4) is 0 Å². The van der Waals surface area contributed by atoms with Gasteiger partial charge in [-0.25, -0.2) is 0 Å². The van der Waals surface area contributed by atoms with E-state index < -0.39 is 0 Å². The van der Waals surface area contributed by atoms with Crippen LogP contribution in [0.2, 0.25) is 0 Å². The summed E-state index contributed by atoms with van der Waals surface area (Å²) in [6.45, 7) is 9.12. The van der Waals surface area contributed by atoms with Crippen molar-refractivity contribution in [2.75, 3.05) is 19.6 Å². The molecule has 0 unspecified atom stereocenters. The molecule has 0 saturated carbocycles. The predicted molar refractivity (Wildman–Crippen MR) is 152 cm³/mol. The summed E-state index contributed by atoms with van der Waals surface area (Å²) in [7, 11) is 0. The van der Waals surface area contributed by atoms with Crippen molar-refractivity contribution in [3.05, 3.63) is 30.0 Å². The summed E-state index contributed by atoms with van der Waals surface area (Å²) in [5.74, 6) is 0. The fourth-order valence-corrected chi connectivity index (χ4v) is 3.48. The Morgan fingerprint density at radius 1 is 0.441 bits per heavy atom. The lowest BCUT2D eigenvalue weighted by atomic mass is 10.0. The Bertz CT molecular complexity index is 314. The van der Waals surface area contributed by atoms with Gasteiger partial charge in [-0.15, -0.1) is 0 Å². The van der Waals surface area contributed by atoms with Gasteiger partial charge in [0.15, 0.2) is 0 Å². The number of hydrogen-bond donors (Lipinski definition) is 2. The van der Waals surface area contributed by atoms with Gasteiger partial charge in [0.05, 0.1) is 13.1 Å². The molecule has 0 bridgehead atoms. The van der Waals surface area contributed by atoms with Gasteiger partial charge in [0.1, 0.15) is 0 Å². The zero-order valence-corrected chi connectivity index (χ0v) is 25.5. The molecule has 0 aromatic rings. The summed E-state index contributed by atoms with van der Waals surface area (Å²) in [5, 5.41) is 0. The first-order chi connectivity index (χ1) is 16.2. The molecule has 0 radical (unpaired) electrons. The van der Waals surface area contributed by atoms with Crippen LogP contribution < -0.4 is 28.4 Å². The number of rotatable bonds is 22. The molecule has 0 atom stereocenters. The van der Waals surface area contributed by atoms with Crippen molar-refractivity contribution in [1.82, 2.24) is 0 Å². The molecule has 0 spiro atoms. The molecule has 0 saturated heterocycles. The Hall–Kier alpha value is -0.160. The summed E-state index contributed by atoms with van der Waals surface area (Å²) in [5.41, 5.74) is 14.4. The van der Waals surface area contributed by atoms with E-state index in [4.69, 9.17) is 5.73 Å². The van der Waals surface area contributed by atoms with Crippen LogP contribution in [0.5, 0.6) is 0 Å². The van der Waals surface area contributed by atoms with Crippen molar-refractivity contribution in [2.45, 2.75) is 149 Å². The molecule has 208 valence electrons. The van der Waals surface area contributed by atoms with E-state index in [9.17, 15) is 0 Å². The first-order valence-corrected chi connectivity index (χ1v) is 14.8. The maximum absolute atomic E-state index is 7.08. The number of halogens is 1. The number of unbranched alkanes of at least 4 members (excludes halogenated alkanes) is 17. The van der Waals surface area contributed by atoms with Crippen molar-refractivity contribution in [3.63, 3.8) is 0 Å². The van der Waals surface area contributed by atoms with Crippen molar-refractivity contribution < 1.29 is 28.4 Å². The Kier molecular flexibility index (Phi) is 55.7. The number of nitrogens with one attached hydrogen (secondary N) is 1. The normalized spacial score (nSPS) is 10.5. The van der Waals surface area contributed by atoms with Crippen LogP contribution in [0.15, 0.2) is 24.3 Å². The summed E-state index contributed by atoms with van der Waals surface area (Å²) in [6.07, 6.45) is 36.0. The van der Waals surface area contributed by atoms with Crippen LogP contribution in [0.3, 0.4) is 0 Å². The van der Waals surface area contributed by atoms with Crippen LogP contribution in [0.1, 0.15) is 149 Å². The zero-order chi connectivity index (χ0) is 25.1. The highest BCUT2D eigenvalue weighted by Gasteiger charge is 1.93. The first-order valence-electron chi connectivity index (χ1n) is 14.8. The topological polar surface area (TPSA) is 79.1 Å². The number of hydrogen-bond acceptors (Lipinski definition) is 0. The third-order valence-corrected chi connectivity index (χ3v) is 5.61. The lowest BCUT2D eigenvalue weighted by molar-refractivity contribution is -0.353. The zero-order valence-electron chi connectivity index (χ0n) is 23.9. The van der Waals surface area contributed by atoms with Crippen molar-refractivity contribution in [2.24, 2.45) is 0 Å². The van der Waals surface area contributed by atoms with Gasteiger partial charge in [-0.05, 0) is 25.0 Å². The molecular weight excluding hydrogens is 482 g/mol. The second-order valence-electron chi connectivity index (χ2n) is 9.15. The summed E-state index contributed by atoms with van der Waals surface area (Å²) >= 11 is 0. The Labute approximate surface area is 226 Å². The van der Waals surface area contributed by atoms with E-state index in [2.05, 4.69) is 56.5 Å². The van der Waals surface area contributed by atoms with E-state index >= 15 is 0 Å². The third-order valence-electron chi connectivity index (χ3n) is 5.61. The summed E-state index contributed by atoms with van der Waals surface area (Å²) in [4.78, 5) is 0. The fourth-order valence-electron chi connectivity index (χ4n) is 3.48. The van der Waals surface area contributed by atoms with Gasteiger partial charge in [0.25, 0.3) is 0 Å². The van der Waals surface area contributed by atoms with E-state index in [0.29, 0.717) is 6.54 Å². The molecule has 0 aromatic carbocycles. The summed E-state index contributed by atoms with van der Waals surface area (Å²) in [6, 6.07) is 0. The molecule has 0 heterocycles. The number of allylic oxidation sites excluding steroid dienone is 2. The van der Waals surface area contributed by atoms with Gasteiger partial charge < -0.3 is 34.2 Å². The van der Waals surface area contributed by atoms with Crippen LogP contribution in [0.25, 0.3) is 5.73 Å². The van der Waals surface area contributed by atoms with E-state index in [1.54, 1.807) is 0 Å². The second-order valence-corrected chi connectivity index (χ2v) is 9.15. The Balaban J connectivity index is -0.000000247. The third kappa shape index (κ3) is 53.3. The standard InChI is InChI=1S/C18H38N.2C6H13N.BrH/c1-2-3-4-5-6-7-8-9-10-11-12-13-14-15-16-17-18-19;2*1-2-3-4-5-6-7;/h19H,2-18H2,1H3;2*4-5H,2-3,6-7H2,1H3;1H/q-1;;;/p+1. The van der Waals surface area contributed by atoms with Gasteiger partial charge in [-0.3, -0.25) is 0 Å². The van der Waals surface area contributed by atoms with Crippen molar-refractivity contribution in [1.29, 1.82) is 0 Å². The van der Waals surface area contributed by atoms with Crippen LogP contribution in [-0.2, 0) is 0 Å². The molecule has 0 aromatic heterocycles. The SMILES string of the molecule is CCCC=CC[NH3+].CCCC=CC[NH3+].CCCCCCCCCCCCCCCCCC[NH-].[Br-]. The predicted octanol–water partition coefficient (Wildman–Crippen LogP) is 5.47. The molecule has 0 aliphatic heterocycles. The Morgan fingerprint density at radius 3 is 0.971 bits per heavy atom. The lowest BCUT2D eigenvalue weighted by Crippen LogP contribution is -3.00. The molecule has 3 nitrogen and oxygen atoms in total. The second kappa shape index (κ2) is 46.2. The highest BCUT2D eigenvalue weighted by atomic mass is 79.9. The van der Waals surface area contributed by atoms with Crippen LogP contribution in [0.4, 0.5) is 0 Å². The highest BCUT2D eigenvalue weighted by molar-refractivity contribution is 4.79. The molecule has 7 N–H and O–H groups in total. The maximum Gasteiger partial charge on any atom is 0.0926 e. The van der Waals surface area contributed by atoms with Gasteiger partial charge in [-0.1, -0.05) is 148 Å². The van der Waals surface area contributed by atoms with Gasteiger partial charge in [0.2, 0.25) is 0 Å². The first kappa shape index (κ1) is 41.0. The van der Waals surface area contributed by atoms with E-state index in [1.807, 2.05) is 0 Å². The molecule has 0 aliphatic carbocycles. The van der Waals surface area contributed by atoms with E-state index in [0.717, 1.165) is 19.5 Å². The van der Waals surface area contributed by atoms with Crippen LogP contribution in [-0.4, -0.2) is 19.6 Å². The minimum atomic E-state index is 0. The van der Waals surface area contributed by atoms with Gasteiger partial charge >= 0.3 is 0 Å². The minimum Gasteiger partial charge on any atom is -1.00 e. The smallest absolute Gasteiger partial charge is 0.0926 e. The molecular formula is C30H66BrN3. The number of quaternary nitrogens is 2. The molecule has 4 heteroatoms. The average Bonchev–Trinajstić information content (AvgIpc) is 2.83. The van der Waals surface area contributed by atoms with Gasteiger partial charge in [-0.2, -0.15) is 6.54 Å². The van der Waals surface area contributed by atoms with E-state index in [1.165, 1.54) is 122 Å². The van der Waals surface area contributed by atoms with Crippen LogP contribution >= 0.6 is 0 Å². The molecule has 0 amide bonds. The molecule has 0 aliphatic rings. The molecule has 0 fully saturated rings. The highest BCUT2D eigenvalue weighted by Crippen LogP contribution is 2.13. The van der Waals surface area contributed by atoms with Gasteiger partial charge in [0, 0.05) is 0 Å². The Morgan fingerprint density at radius 2 is 0.735 bits per heavy atom.